The van der Waals surface area contributed by atoms with Crippen molar-refractivity contribution in [2.75, 3.05) is 26.1 Å². The van der Waals surface area contributed by atoms with Crippen LogP contribution in [0, 0.1) is 0 Å². The average molecular weight is 611 g/mol. The lowest BCUT2D eigenvalue weighted by molar-refractivity contribution is -0.462. The second-order valence-electron chi connectivity index (χ2n) is 8.67. The zero-order valence-corrected chi connectivity index (χ0v) is 19.8. The molecule has 19 heteroatoms. The smallest absolute Gasteiger partial charge is 0.377 e. The molecule has 0 aliphatic rings. The summed E-state index contributed by atoms with van der Waals surface area (Å²) in [5, 5.41) is 0. The third kappa shape index (κ3) is 4.96. The van der Waals surface area contributed by atoms with Gasteiger partial charge in [0, 0.05) is 32.5 Å². The normalized spacial score (nSPS) is 16.7. The maximum Gasteiger partial charge on any atom is 0.460 e. The molecule has 1 rings (SSSR count). The lowest BCUT2D eigenvalue weighted by Gasteiger charge is -2.44. The van der Waals surface area contributed by atoms with Gasteiger partial charge in [0.15, 0.2) is 0 Å². The minimum absolute atomic E-state index is 0.0985. The number of benzene rings is 1. The van der Waals surface area contributed by atoms with E-state index in [1.54, 1.807) is 0 Å². The summed E-state index contributed by atoms with van der Waals surface area (Å²) < 4.78 is 235. The summed E-state index contributed by atoms with van der Waals surface area (Å²) >= 11 is 0. The molecule has 1 atom stereocenters. The van der Waals surface area contributed by atoms with Gasteiger partial charge in [-0.3, -0.25) is 0 Å². The van der Waals surface area contributed by atoms with E-state index in [-0.39, 0.29) is 5.69 Å². The fourth-order valence-corrected chi connectivity index (χ4v) is 3.32. The third-order valence-electron chi connectivity index (χ3n) is 5.75. The van der Waals surface area contributed by atoms with Gasteiger partial charge in [0.2, 0.25) is 0 Å². The Morgan fingerprint density at radius 3 is 1.31 bits per heavy atom. The summed E-state index contributed by atoms with van der Waals surface area (Å²) in [5.74, 6) is -56.7. The summed E-state index contributed by atoms with van der Waals surface area (Å²) in [6.45, 7) is 0.544. The summed E-state index contributed by atoms with van der Waals surface area (Å²) in [5.41, 5.74) is -3.40. The molecule has 0 N–H and O–H groups in total. The average Bonchev–Trinajstić information content (AvgIpc) is 2.77. The fraction of sp³-hybridized carbons (Fsp3) is 0.700. The van der Waals surface area contributed by atoms with Crippen LogP contribution >= 0.6 is 0 Å². The van der Waals surface area contributed by atoms with Crippen molar-refractivity contribution < 1.29 is 79.4 Å². The Kier molecular flexibility index (Phi) is 8.67. The first kappa shape index (κ1) is 34.8. The van der Waals surface area contributed by atoms with Crippen LogP contribution in [0.1, 0.15) is 18.9 Å². The van der Waals surface area contributed by atoms with Crippen molar-refractivity contribution in [2.24, 2.45) is 0 Å². The van der Waals surface area contributed by atoms with Crippen LogP contribution in [0.25, 0.3) is 0 Å². The Morgan fingerprint density at radius 2 is 0.949 bits per heavy atom. The predicted octanol–water partition coefficient (Wildman–Crippen LogP) is 8.01. The minimum atomic E-state index is -8.66. The number of ether oxygens (including phenoxy) is 1. The Balaban J connectivity index is 3.73. The van der Waals surface area contributed by atoms with Crippen LogP contribution in [0.3, 0.4) is 0 Å². The highest BCUT2D eigenvalue weighted by atomic mass is 19.4. The van der Waals surface area contributed by atoms with E-state index in [1.165, 1.54) is 20.2 Å². The van der Waals surface area contributed by atoms with Crippen LogP contribution in [-0.2, 0) is 10.3 Å². The Labute approximate surface area is 208 Å². The number of para-hydroxylation sites is 1. The molecule has 0 aliphatic heterocycles. The van der Waals surface area contributed by atoms with Gasteiger partial charge < -0.3 is 9.64 Å². The van der Waals surface area contributed by atoms with E-state index in [4.69, 9.17) is 0 Å². The van der Waals surface area contributed by atoms with E-state index >= 15 is 0 Å². The first-order chi connectivity index (χ1) is 16.9. The second-order valence-corrected chi connectivity index (χ2v) is 8.67. The highest BCUT2D eigenvalue weighted by Gasteiger charge is 2.95. The van der Waals surface area contributed by atoms with Gasteiger partial charge >= 0.3 is 47.6 Å². The quantitative estimate of drug-likeness (QED) is 0.235. The Hall–Kier alpha value is -2.21. The topological polar surface area (TPSA) is 12.5 Å². The molecule has 39 heavy (non-hydrogen) atoms. The third-order valence-corrected chi connectivity index (χ3v) is 5.75. The molecule has 2 nitrogen and oxygen atoms in total. The van der Waals surface area contributed by atoms with E-state index in [2.05, 4.69) is 4.74 Å². The van der Waals surface area contributed by atoms with Gasteiger partial charge in [-0.1, -0.05) is 18.2 Å². The number of hydrogen-bond donors (Lipinski definition) is 0. The van der Waals surface area contributed by atoms with Gasteiger partial charge in [-0.15, -0.1) is 0 Å². The van der Waals surface area contributed by atoms with Crippen molar-refractivity contribution in [1.29, 1.82) is 0 Å². The zero-order valence-electron chi connectivity index (χ0n) is 19.8. The molecule has 0 aromatic heterocycles. The number of rotatable bonds is 11. The molecular formula is C20H18F17NO. The Morgan fingerprint density at radius 1 is 0.590 bits per heavy atom. The van der Waals surface area contributed by atoms with Crippen molar-refractivity contribution in [3.63, 3.8) is 0 Å². The van der Waals surface area contributed by atoms with Crippen molar-refractivity contribution in [1.82, 2.24) is 0 Å². The number of nitrogens with zero attached hydrogens (tertiary/aromatic N) is 1. The molecule has 1 aromatic carbocycles. The molecule has 0 fully saturated rings. The molecule has 0 saturated carbocycles. The van der Waals surface area contributed by atoms with Crippen LogP contribution in [0.4, 0.5) is 80.3 Å². The SMILES string of the molecule is COC(C)(CC(F)(F)C(F)(F)C(F)(F)C(F)(F)C(F)(F)C(F)(F)C(F)(F)C(F)(F)F)c1ccccc1N(C)C. The van der Waals surface area contributed by atoms with Crippen LogP contribution in [0.5, 0.6) is 0 Å². The van der Waals surface area contributed by atoms with E-state index < -0.39 is 65.2 Å². The van der Waals surface area contributed by atoms with E-state index in [9.17, 15) is 74.6 Å². The predicted molar refractivity (Wildman–Crippen MR) is 100 cm³/mol. The van der Waals surface area contributed by atoms with Crippen LogP contribution < -0.4 is 4.90 Å². The summed E-state index contributed by atoms with van der Waals surface area (Å²) in [7, 11) is 3.10. The Bertz CT molecular complexity index is 1020. The minimum Gasteiger partial charge on any atom is -0.377 e. The molecule has 1 unspecified atom stereocenters. The monoisotopic (exact) mass is 611 g/mol. The number of hydrogen-bond acceptors (Lipinski definition) is 2. The lowest BCUT2D eigenvalue weighted by atomic mass is 9.82. The van der Waals surface area contributed by atoms with E-state index in [0.29, 0.717) is 14.0 Å². The van der Waals surface area contributed by atoms with Gasteiger partial charge in [-0.2, -0.15) is 74.6 Å². The number of anilines is 1. The zero-order chi connectivity index (χ0) is 31.5. The van der Waals surface area contributed by atoms with Crippen LogP contribution in [-0.4, -0.2) is 68.8 Å². The van der Waals surface area contributed by atoms with E-state index in [0.717, 1.165) is 23.1 Å². The van der Waals surface area contributed by atoms with Crippen molar-refractivity contribution in [3.05, 3.63) is 29.8 Å². The largest absolute Gasteiger partial charge is 0.460 e. The molecule has 228 valence electrons. The molecule has 0 amide bonds. The van der Waals surface area contributed by atoms with Crippen molar-refractivity contribution in [2.45, 2.75) is 66.6 Å². The second kappa shape index (κ2) is 9.71. The van der Waals surface area contributed by atoms with Gasteiger partial charge in [0.1, 0.15) is 0 Å². The molecular weight excluding hydrogens is 593 g/mol. The van der Waals surface area contributed by atoms with Crippen LogP contribution in [0.2, 0.25) is 0 Å². The summed E-state index contributed by atoms with van der Waals surface area (Å²) in [6, 6.07) is 4.46. The maximum absolute atomic E-state index is 14.6. The number of methoxy groups -OCH3 is 1. The molecule has 0 radical (unpaired) electrons. The lowest BCUT2D eigenvalue weighted by Crippen LogP contribution is -2.74. The van der Waals surface area contributed by atoms with Gasteiger partial charge in [0.25, 0.3) is 0 Å². The van der Waals surface area contributed by atoms with E-state index in [1.807, 2.05) is 0 Å². The molecule has 0 spiro atoms. The first-order valence-corrected chi connectivity index (χ1v) is 9.98. The molecule has 0 bridgehead atoms. The van der Waals surface area contributed by atoms with Crippen molar-refractivity contribution in [3.8, 4) is 0 Å². The van der Waals surface area contributed by atoms with Crippen molar-refractivity contribution >= 4 is 5.69 Å². The molecule has 0 heterocycles. The van der Waals surface area contributed by atoms with Gasteiger partial charge in [-0.05, 0) is 13.0 Å². The van der Waals surface area contributed by atoms with Gasteiger partial charge in [0.05, 0.1) is 12.0 Å². The molecule has 0 aliphatic carbocycles. The van der Waals surface area contributed by atoms with Gasteiger partial charge in [-0.25, -0.2) is 0 Å². The standard InChI is InChI=1S/C20H18F17NO/c1-12(39-4,10-7-5-6-8-11(10)38(2)3)9-13(21,22)14(23,24)15(25,26)16(27,28)17(29,30)18(31,32)19(33,34)20(35,36)37/h5-8H,9H2,1-4H3. The molecule has 1 aromatic rings. The first-order valence-electron chi connectivity index (χ1n) is 9.98. The highest BCUT2D eigenvalue weighted by molar-refractivity contribution is 5.55. The highest BCUT2D eigenvalue weighted by Crippen LogP contribution is 2.64. The maximum atomic E-state index is 14.6. The number of halogens is 17. The molecule has 0 saturated heterocycles. The summed E-state index contributed by atoms with van der Waals surface area (Å²) in [4.78, 5) is 1.16. The summed E-state index contributed by atoms with van der Waals surface area (Å²) in [6.07, 6.45) is -10.5. The van der Waals surface area contributed by atoms with Crippen LogP contribution in [0.15, 0.2) is 24.3 Å². The fourth-order valence-electron chi connectivity index (χ4n) is 3.32. The number of alkyl halides is 17.